The minimum absolute atomic E-state index is 0.0173. The van der Waals surface area contributed by atoms with Gasteiger partial charge in [-0.05, 0) is 12.1 Å². The number of Topliss-reactive ketones (excluding diaryl/α,β-unsaturated/α-hetero) is 1. The number of carboxylic acid groups (broad SMARTS) is 1. The van der Waals surface area contributed by atoms with Gasteiger partial charge in [-0.15, -0.1) is 0 Å². The zero-order chi connectivity index (χ0) is 15.7. The van der Waals surface area contributed by atoms with E-state index in [9.17, 15) is 14.4 Å². The number of aromatic nitrogens is 1. The minimum Gasteiger partial charge on any atom is -0.481 e. The van der Waals surface area contributed by atoms with Gasteiger partial charge in [-0.25, -0.2) is 4.98 Å². The predicted octanol–water partition coefficient (Wildman–Crippen LogP) is 2.23. The maximum absolute atomic E-state index is 12.1. The number of nitrogens with zero attached hydrogens (tertiary/aromatic N) is 1. The number of rotatable bonds is 3. The van der Waals surface area contributed by atoms with Crippen molar-refractivity contribution in [3.63, 3.8) is 0 Å². The number of amides is 1. The van der Waals surface area contributed by atoms with Crippen LogP contribution in [0.15, 0.2) is 30.3 Å². The summed E-state index contributed by atoms with van der Waals surface area (Å²) in [5.74, 6) is -2.28. The van der Waals surface area contributed by atoms with Gasteiger partial charge in [-0.2, -0.15) is 0 Å². The lowest BCUT2D eigenvalue weighted by Crippen LogP contribution is -2.25. The number of ketones is 1. The molecular formula is C15H12N2O4S. The first-order valence-corrected chi connectivity index (χ1v) is 7.48. The van der Waals surface area contributed by atoms with E-state index in [0.717, 1.165) is 11.3 Å². The molecule has 1 aromatic carbocycles. The summed E-state index contributed by atoms with van der Waals surface area (Å²) in [4.78, 5) is 39.7. The van der Waals surface area contributed by atoms with Gasteiger partial charge in [0.15, 0.2) is 10.9 Å². The number of hydrogen-bond acceptors (Lipinski definition) is 5. The van der Waals surface area contributed by atoms with Crippen molar-refractivity contribution in [3.05, 3.63) is 46.5 Å². The van der Waals surface area contributed by atoms with Crippen LogP contribution in [0.1, 0.15) is 32.1 Å². The Morgan fingerprint density at radius 3 is 2.64 bits per heavy atom. The van der Waals surface area contributed by atoms with Gasteiger partial charge in [0.2, 0.25) is 0 Å². The fraction of sp³-hybridized carbons (Fsp3) is 0.200. The Hall–Kier alpha value is -2.54. The number of anilines is 1. The van der Waals surface area contributed by atoms with E-state index in [4.69, 9.17) is 5.11 Å². The predicted molar refractivity (Wildman–Crippen MR) is 80.3 cm³/mol. The van der Waals surface area contributed by atoms with E-state index >= 15 is 0 Å². The highest BCUT2D eigenvalue weighted by Crippen LogP contribution is 2.32. The third-order valence-corrected chi connectivity index (χ3v) is 4.48. The lowest BCUT2D eigenvalue weighted by molar-refractivity contribution is -0.141. The highest BCUT2D eigenvalue weighted by molar-refractivity contribution is 7.17. The van der Waals surface area contributed by atoms with E-state index in [0.29, 0.717) is 21.3 Å². The third-order valence-electron chi connectivity index (χ3n) is 3.43. The van der Waals surface area contributed by atoms with Gasteiger partial charge in [0.05, 0.1) is 16.5 Å². The van der Waals surface area contributed by atoms with E-state index in [1.54, 1.807) is 24.3 Å². The number of aliphatic carboxylic acids is 1. The van der Waals surface area contributed by atoms with E-state index in [1.807, 2.05) is 6.07 Å². The zero-order valence-electron chi connectivity index (χ0n) is 11.4. The fourth-order valence-corrected chi connectivity index (χ4v) is 3.25. The van der Waals surface area contributed by atoms with Crippen molar-refractivity contribution in [2.24, 2.45) is 5.92 Å². The smallest absolute Gasteiger partial charge is 0.307 e. The molecule has 0 radical (unpaired) electrons. The molecule has 22 heavy (non-hydrogen) atoms. The number of carbonyl (C=O) groups excluding carboxylic acids is 2. The highest BCUT2D eigenvalue weighted by Gasteiger charge is 2.33. The maximum Gasteiger partial charge on any atom is 0.307 e. The summed E-state index contributed by atoms with van der Waals surface area (Å²) < 4.78 is 0. The first kappa shape index (κ1) is 14.4. The van der Waals surface area contributed by atoms with Crippen molar-refractivity contribution in [3.8, 4) is 0 Å². The monoisotopic (exact) mass is 316 g/mol. The van der Waals surface area contributed by atoms with Gasteiger partial charge in [-0.3, -0.25) is 19.7 Å². The molecule has 0 saturated carbocycles. The molecule has 1 aliphatic rings. The van der Waals surface area contributed by atoms with Crippen molar-refractivity contribution in [1.29, 1.82) is 0 Å². The Labute approximate surface area is 129 Å². The Morgan fingerprint density at radius 1 is 1.23 bits per heavy atom. The van der Waals surface area contributed by atoms with Crippen molar-refractivity contribution in [2.75, 3.05) is 5.32 Å². The van der Waals surface area contributed by atoms with E-state index in [1.165, 1.54) is 0 Å². The largest absolute Gasteiger partial charge is 0.481 e. The second-order valence-corrected chi connectivity index (χ2v) is 5.98. The Morgan fingerprint density at radius 2 is 1.95 bits per heavy atom. The molecular weight excluding hydrogens is 304 g/mol. The van der Waals surface area contributed by atoms with E-state index < -0.39 is 11.9 Å². The topological polar surface area (TPSA) is 96.4 Å². The number of carboxylic acids is 1. The standard InChI is InChI=1S/C15H12N2O4S/c18-11-7-9(14(20)21)6-10-12(11)22-15(16-10)17-13(19)8-4-2-1-3-5-8/h1-5,9H,6-7H2,(H,20,21)(H,16,17,19)/t9-/m0/s1. The number of hydrogen-bond donors (Lipinski definition) is 2. The van der Waals surface area contributed by atoms with Crippen LogP contribution < -0.4 is 5.32 Å². The van der Waals surface area contributed by atoms with Crippen LogP contribution in [-0.2, 0) is 11.2 Å². The third kappa shape index (κ3) is 2.75. The van der Waals surface area contributed by atoms with Crippen molar-refractivity contribution in [2.45, 2.75) is 12.8 Å². The number of benzene rings is 1. The number of carbonyl (C=O) groups is 3. The Kier molecular flexibility index (Phi) is 3.72. The van der Waals surface area contributed by atoms with Crippen LogP contribution >= 0.6 is 11.3 Å². The summed E-state index contributed by atoms with van der Waals surface area (Å²) in [6, 6.07) is 8.66. The molecule has 2 aromatic rings. The van der Waals surface area contributed by atoms with Gasteiger partial charge in [-0.1, -0.05) is 29.5 Å². The lowest BCUT2D eigenvalue weighted by atomic mass is 9.90. The molecule has 0 aliphatic heterocycles. The molecule has 1 atom stereocenters. The van der Waals surface area contributed by atoms with E-state index in [2.05, 4.69) is 10.3 Å². The Balaban J connectivity index is 1.81. The molecule has 0 spiro atoms. The van der Waals surface area contributed by atoms with Gasteiger partial charge in [0, 0.05) is 18.4 Å². The molecule has 0 bridgehead atoms. The van der Waals surface area contributed by atoms with Gasteiger partial charge in [0.25, 0.3) is 5.91 Å². The van der Waals surface area contributed by atoms with Crippen LogP contribution in [0.3, 0.4) is 0 Å². The molecule has 1 amide bonds. The molecule has 0 fully saturated rings. The van der Waals surface area contributed by atoms with Crippen molar-refractivity contribution >= 4 is 34.1 Å². The molecule has 2 N–H and O–H groups in total. The first-order chi connectivity index (χ1) is 10.5. The maximum atomic E-state index is 12.1. The SMILES string of the molecule is O=C(Nc1nc2c(s1)C(=O)C[C@@H](C(=O)O)C2)c1ccccc1. The molecule has 7 heteroatoms. The zero-order valence-corrected chi connectivity index (χ0v) is 12.2. The number of fused-ring (bicyclic) bond motifs is 1. The van der Waals surface area contributed by atoms with Crippen LogP contribution in [-0.4, -0.2) is 27.8 Å². The normalized spacial score (nSPS) is 16.9. The lowest BCUT2D eigenvalue weighted by Gasteiger charge is -2.15. The molecule has 0 saturated heterocycles. The quantitative estimate of drug-likeness (QED) is 0.905. The molecule has 6 nitrogen and oxygen atoms in total. The van der Waals surface area contributed by atoms with Crippen molar-refractivity contribution < 1.29 is 19.5 Å². The summed E-state index contributed by atoms with van der Waals surface area (Å²) in [6.45, 7) is 0. The van der Waals surface area contributed by atoms with E-state index in [-0.39, 0.29) is 24.5 Å². The molecule has 1 aromatic heterocycles. The summed E-state index contributed by atoms with van der Waals surface area (Å²) in [5, 5.41) is 12.0. The van der Waals surface area contributed by atoms with Crippen LogP contribution in [0.5, 0.6) is 0 Å². The number of thiazole rings is 1. The Bertz CT molecular complexity index is 754. The fourth-order valence-electron chi connectivity index (χ4n) is 2.32. The van der Waals surface area contributed by atoms with Crippen LogP contribution in [0, 0.1) is 5.92 Å². The molecule has 0 unspecified atom stereocenters. The van der Waals surface area contributed by atoms with Gasteiger partial charge >= 0.3 is 5.97 Å². The number of nitrogens with one attached hydrogen (secondary N) is 1. The highest BCUT2D eigenvalue weighted by atomic mass is 32.1. The van der Waals surface area contributed by atoms with Crippen LogP contribution in [0.25, 0.3) is 0 Å². The van der Waals surface area contributed by atoms with Gasteiger partial charge < -0.3 is 5.11 Å². The second-order valence-electron chi connectivity index (χ2n) is 4.98. The molecule has 1 heterocycles. The summed E-state index contributed by atoms with van der Waals surface area (Å²) >= 11 is 1.09. The summed E-state index contributed by atoms with van der Waals surface area (Å²) in [7, 11) is 0. The summed E-state index contributed by atoms with van der Waals surface area (Å²) in [5.41, 5.74) is 0.947. The van der Waals surface area contributed by atoms with Crippen LogP contribution in [0.2, 0.25) is 0 Å². The first-order valence-electron chi connectivity index (χ1n) is 6.66. The van der Waals surface area contributed by atoms with Crippen molar-refractivity contribution in [1.82, 2.24) is 4.98 Å². The molecule has 1 aliphatic carbocycles. The average molecular weight is 316 g/mol. The second kappa shape index (κ2) is 5.69. The summed E-state index contributed by atoms with van der Waals surface area (Å²) in [6.07, 6.45) is 0.199. The average Bonchev–Trinajstić information content (AvgIpc) is 2.91. The molecule has 112 valence electrons. The minimum atomic E-state index is -0.998. The molecule has 3 rings (SSSR count). The van der Waals surface area contributed by atoms with Gasteiger partial charge in [0.1, 0.15) is 0 Å². The van der Waals surface area contributed by atoms with Crippen LogP contribution in [0.4, 0.5) is 5.13 Å².